The third-order valence-electron chi connectivity index (χ3n) is 6.22. The van der Waals surface area contributed by atoms with Crippen molar-refractivity contribution in [3.63, 3.8) is 0 Å². The first-order valence-electron chi connectivity index (χ1n) is 10.4. The van der Waals surface area contributed by atoms with Crippen LogP contribution in [0.5, 0.6) is 0 Å². The fraction of sp³-hybridized carbons (Fsp3) is 0.500. The molecule has 2 atom stereocenters. The van der Waals surface area contributed by atoms with Crippen LogP contribution in [-0.2, 0) is 17.8 Å². The highest BCUT2D eigenvalue weighted by molar-refractivity contribution is 5.95. The second-order valence-corrected chi connectivity index (χ2v) is 8.18. The molecule has 0 saturated carbocycles. The summed E-state index contributed by atoms with van der Waals surface area (Å²) in [5.74, 6) is -0.394. The van der Waals surface area contributed by atoms with Crippen molar-refractivity contribution >= 4 is 11.8 Å². The van der Waals surface area contributed by atoms with E-state index in [1.54, 1.807) is 17.0 Å². The second-order valence-electron chi connectivity index (χ2n) is 8.18. The number of primary amides is 1. The number of carbonyl (C=O) groups is 2. The number of nitrogens with zero attached hydrogens (tertiary/aromatic N) is 3. The van der Waals surface area contributed by atoms with Gasteiger partial charge in [-0.05, 0) is 63.3 Å². The molecule has 1 fully saturated rings. The molecule has 6 nitrogen and oxygen atoms in total. The average Bonchev–Trinajstić information content (AvgIpc) is 2.89. The van der Waals surface area contributed by atoms with E-state index in [4.69, 9.17) is 10.7 Å². The van der Waals surface area contributed by atoms with E-state index in [9.17, 15) is 14.0 Å². The molecule has 4 rings (SSSR count). The van der Waals surface area contributed by atoms with Crippen molar-refractivity contribution in [3.05, 3.63) is 41.5 Å². The summed E-state index contributed by atoms with van der Waals surface area (Å²) in [5.41, 5.74) is 7.72. The quantitative estimate of drug-likeness (QED) is 0.862. The summed E-state index contributed by atoms with van der Waals surface area (Å²) >= 11 is 0. The first kappa shape index (κ1) is 19.6. The van der Waals surface area contributed by atoms with Gasteiger partial charge in [-0.3, -0.25) is 9.59 Å². The van der Waals surface area contributed by atoms with Crippen LogP contribution in [0.4, 0.5) is 4.39 Å². The molecule has 0 spiro atoms. The third kappa shape index (κ3) is 3.78. The number of hydrogen-bond donors (Lipinski definition) is 1. The standard InChI is InChI=1S/C22H27FN4O2/c1-14-6-7-16(20(24)28)13-27(14)22(29)19-18-5-3-2-4-12-26(18)21(25-19)15-8-10-17(23)11-9-15/h8-11,14,16H,2-7,12-13H2,1H3,(H2,24,28)/t14-,16+/m0/s1. The highest BCUT2D eigenvalue weighted by atomic mass is 19.1. The Kier molecular flexibility index (Phi) is 5.39. The van der Waals surface area contributed by atoms with E-state index in [0.717, 1.165) is 49.9 Å². The number of rotatable bonds is 3. The van der Waals surface area contributed by atoms with Gasteiger partial charge in [0.2, 0.25) is 5.91 Å². The average molecular weight is 398 g/mol. The van der Waals surface area contributed by atoms with Gasteiger partial charge < -0.3 is 15.2 Å². The molecule has 2 aliphatic heterocycles. The summed E-state index contributed by atoms with van der Waals surface area (Å²) in [4.78, 5) is 31.7. The van der Waals surface area contributed by atoms with Crippen molar-refractivity contribution in [1.82, 2.24) is 14.5 Å². The lowest BCUT2D eigenvalue weighted by atomic mass is 9.92. The minimum atomic E-state index is -0.356. The van der Waals surface area contributed by atoms with Crippen LogP contribution < -0.4 is 5.73 Å². The Balaban J connectivity index is 1.74. The lowest BCUT2D eigenvalue weighted by Crippen LogP contribution is -2.48. The predicted octanol–water partition coefficient (Wildman–Crippen LogP) is 3.14. The monoisotopic (exact) mass is 398 g/mol. The molecule has 2 aliphatic rings. The van der Waals surface area contributed by atoms with Gasteiger partial charge in [0.25, 0.3) is 5.91 Å². The summed E-state index contributed by atoms with van der Waals surface area (Å²) < 4.78 is 15.5. The van der Waals surface area contributed by atoms with Crippen molar-refractivity contribution in [2.24, 2.45) is 11.7 Å². The van der Waals surface area contributed by atoms with Gasteiger partial charge in [-0.15, -0.1) is 0 Å². The molecule has 2 amide bonds. The van der Waals surface area contributed by atoms with Crippen molar-refractivity contribution in [3.8, 4) is 11.4 Å². The summed E-state index contributed by atoms with van der Waals surface area (Å²) in [7, 11) is 0. The SMILES string of the molecule is C[C@H]1CC[C@@H](C(N)=O)CN1C(=O)c1nc(-c2ccc(F)cc2)n2c1CCCCC2. The number of piperidine rings is 1. The summed E-state index contributed by atoms with van der Waals surface area (Å²) in [5, 5.41) is 0. The van der Waals surface area contributed by atoms with Crippen LogP contribution in [0.15, 0.2) is 24.3 Å². The zero-order valence-corrected chi connectivity index (χ0v) is 16.7. The molecule has 2 aromatic rings. The van der Waals surface area contributed by atoms with Crippen LogP contribution in [0.25, 0.3) is 11.4 Å². The number of halogens is 1. The molecule has 1 aromatic carbocycles. The van der Waals surface area contributed by atoms with Crippen LogP contribution >= 0.6 is 0 Å². The number of carbonyl (C=O) groups excluding carboxylic acids is 2. The number of benzene rings is 1. The lowest BCUT2D eigenvalue weighted by molar-refractivity contribution is -0.123. The molecule has 0 unspecified atom stereocenters. The van der Waals surface area contributed by atoms with Crippen LogP contribution in [0, 0.1) is 11.7 Å². The molecular weight excluding hydrogens is 371 g/mol. The molecule has 7 heteroatoms. The first-order chi connectivity index (χ1) is 14.0. The summed E-state index contributed by atoms with van der Waals surface area (Å²) in [6.07, 6.45) is 5.38. The minimum Gasteiger partial charge on any atom is -0.369 e. The molecule has 1 aromatic heterocycles. The third-order valence-corrected chi connectivity index (χ3v) is 6.22. The van der Waals surface area contributed by atoms with Gasteiger partial charge >= 0.3 is 0 Å². The number of nitrogens with two attached hydrogens (primary N) is 1. The molecule has 1 saturated heterocycles. The number of hydrogen-bond acceptors (Lipinski definition) is 3. The van der Waals surface area contributed by atoms with E-state index in [2.05, 4.69) is 4.57 Å². The fourth-order valence-corrected chi connectivity index (χ4v) is 4.47. The van der Waals surface area contributed by atoms with E-state index in [1.807, 2.05) is 6.92 Å². The Morgan fingerprint density at radius 3 is 2.62 bits per heavy atom. The Labute approximate surface area is 169 Å². The Hall–Kier alpha value is -2.70. The lowest BCUT2D eigenvalue weighted by Gasteiger charge is -2.36. The molecular formula is C22H27FN4O2. The molecule has 154 valence electrons. The second kappa shape index (κ2) is 7.97. The van der Waals surface area contributed by atoms with Crippen molar-refractivity contribution in [2.75, 3.05) is 6.54 Å². The normalized spacial score (nSPS) is 22.1. The maximum atomic E-state index is 13.5. The van der Waals surface area contributed by atoms with Gasteiger partial charge in [-0.2, -0.15) is 0 Å². The van der Waals surface area contributed by atoms with E-state index in [-0.39, 0.29) is 29.6 Å². The Morgan fingerprint density at radius 2 is 1.90 bits per heavy atom. The van der Waals surface area contributed by atoms with Gasteiger partial charge in [0, 0.05) is 24.7 Å². The highest BCUT2D eigenvalue weighted by Gasteiger charge is 2.35. The summed E-state index contributed by atoms with van der Waals surface area (Å²) in [6.45, 7) is 3.14. The fourth-order valence-electron chi connectivity index (χ4n) is 4.47. The van der Waals surface area contributed by atoms with Crippen molar-refractivity contribution < 1.29 is 14.0 Å². The molecule has 3 heterocycles. The van der Waals surface area contributed by atoms with Crippen LogP contribution in [0.1, 0.15) is 55.2 Å². The van der Waals surface area contributed by atoms with Crippen LogP contribution in [0.3, 0.4) is 0 Å². The van der Waals surface area contributed by atoms with Crippen LogP contribution in [0.2, 0.25) is 0 Å². The molecule has 29 heavy (non-hydrogen) atoms. The maximum Gasteiger partial charge on any atom is 0.274 e. The maximum absolute atomic E-state index is 13.5. The number of fused-ring (bicyclic) bond motifs is 1. The Bertz CT molecular complexity index is 922. The summed E-state index contributed by atoms with van der Waals surface area (Å²) in [6, 6.07) is 6.28. The Morgan fingerprint density at radius 1 is 1.14 bits per heavy atom. The molecule has 0 bridgehead atoms. The molecule has 0 aliphatic carbocycles. The first-order valence-corrected chi connectivity index (χ1v) is 10.4. The van der Waals surface area contributed by atoms with Gasteiger partial charge in [-0.25, -0.2) is 9.37 Å². The van der Waals surface area contributed by atoms with Crippen LogP contribution in [-0.4, -0.2) is 38.9 Å². The highest BCUT2D eigenvalue weighted by Crippen LogP contribution is 2.30. The predicted molar refractivity (Wildman–Crippen MR) is 108 cm³/mol. The minimum absolute atomic E-state index is 0.0375. The van der Waals surface area contributed by atoms with Gasteiger partial charge in [0.15, 0.2) is 0 Å². The molecule has 2 N–H and O–H groups in total. The zero-order chi connectivity index (χ0) is 20.5. The largest absolute Gasteiger partial charge is 0.369 e. The van der Waals surface area contributed by atoms with E-state index >= 15 is 0 Å². The van der Waals surface area contributed by atoms with Crippen molar-refractivity contribution in [2.45, 2.75) is 58.0 Å². The molecule has 0 radical (unpaired) electrons. The van der Waals surface area contributed by atoms with Gasteiger partial charge in [0.05, 0.1) is 11.6 Å². The van der Waals surface area contributed by atoms with E-state index in [1.165, 1.54) is 12.1 Å². The smallest absolute Gasteiger partial charge is 0.274 e. The number of imidazole rings is 1. The van der Waals surface area contributed by atoms with Gasteiger partial charge in [0.1, 0.15) is 17.3 Å². The van der Waals surface area contributed by atoms with E-state index in [0.29, 0.717) is 24.5 Å². The van der Waals surface area contributed by atoms with Crippen molar-refractivity contribution in [1.29, 1.82) is 0 Å². The number of amides is 2. The zero-order valence-electron chi connectivity index (χ0n) is 16.7. The topological polar surface area (TPSA) is 81.2 Å². The van der Waals surface area contributed by atoms with Gasteiger partial charge in [-0.1, -0.05) is 6.42 Å². The number of aromatic nitrogens is 2. The van der Waals surface area contributed by atoms with E-state index < -0.39 is 0 Å². The number of likely N-dealkylation sites (tertiary alicyclic amines) is 1.